The number of carbonyl (C=O) groups is 1. The summed E-state index contributed by atoms with van der Waals surface area (Å²) >= 11 is 0. The monoisotopic (exact) mass is 232 g/mol. The average molecular weight is 232 g/mol. The summed E-state index contributed by atoms with van der Waals surface area (Å²) in [6.07, 6.45) is 0. The van der Waals surface area contributed by atoms with E-state index in [9.17, 15) is 4.79 Å². The Hall–Kier alpha value is -0.204. The molecule has 75 valence electrons. The molecule has 0 heterocycles. The van der Waals surface area contributed by atoms with Crippen LogP contribution in [0.5, 0.6) is 0 Å². The molecule has 0 bridgehead atoms. The average Bonchev–Trinajstić information content (AvgIpc) is 2.15. The van der Waals surface area contributed by atoms with Crippen molar-refractivity contribution in [2.75, 3.05) is 7.11 Å². The number of rotatable bonds is 3. The summed E-state index contributed by atoms with van der Waals surface area (Å²) < 4.78 is 0. The number of benzene rings is 1. The van der Waals surface area contributed by atoms with Gasteiger partial charge in [0.1, 0.15) is 7.11 Å². The first kappa shape index (κ1) is 14.8. The molecule has 1 aromatic rings. The van der Waals surface area contributed by atoms with Crippen LogP contribution in [0.2, 0.25) is 0 Å². The molecule has 0 aliphatic carbocycles. The van der Waals surface area contributed by atoms with E-state index in [0.717, 1.165) is 5.56 Å². The molecule has 0 amide bonds. The molecule has 0 saturated heterocycles. The molecule has 1 N–H and O–H groups in total. The van der Waals surface area contributed by atoms with Gasteiger partial charge in [-0.1, -0.05) is 29.4 Å². The van der Waals surface area contributed by atoms with Crippen molar-refractivity contribution in [1.29, 1.82) is 0 Å². The van der Waals surface area contributed by atoms with Crippen LogP contribution < -0.4 is 0 Å². The van der Waals surface area contributed by atoms with Gasteiger partial charge in [-0.25, -0.2) is 4.79 Å². The quantitative estimate of drug-likeness (QED) is 0.481. The number of aryl methyl sites for hydroxylation is 1. The van der Waals surface area contributed by atoms with Gasteiger partial charge < -0.3 is 9.94 Å². The second-order valence-electron chi connectivity index (χ2n) is 2.74. The summed E-state index contributed by atoms with van der Waals surface area (Å²) in [6.45, 7) is 1.82. The van der Waals surface area contributed by atoms with Gasteiger partial charge in [-0.3, -0.25) is 0 Å². The molecule has 15 heavy (non-hydrogen) atoms. The molecule has 0 fully saturated rings. The summed E-state index contributed by atoms with van der Waals surface area (Å²) in [4.78, 5) is 15.3. The molecule has 4 nitrogen and oxygen atoms in total. The Labute approximate surface area is 131 Å². The van der Waals surface area contributed by atoms with Crippen LogP contribution in [0.4, 0.5) is 0 Å². The standard InChI is InChI=1S/C10H11NO3.K/c1-7-5-3-4-6-8(7)9(10(12)13)11-14-2;/h3-6H,1-2H3,(H,12,13);. The zero-order valence-corrected chi connectivity index (χ0v) is 12.1. The van der Waals surface area contributed by atoms with E-state index in [1.165, 1.54) is 7.11 Å². The summed E-state index contributed by atoms with van der Waals surface area (Å²) in [7, 11) is 1.32. The Kier molecular flexibility index (Phi) is 7.04. The van der Waals surface area contributed by atoms with Crippen LogP contribution >= 0.6 is 0 Å². The minimum Gasteiger partial charge on any atom is -0.476 e. The van der Waals surface area contributed by atoms with Crippen molar-refractivity contribution in [2.24, 2.45) is 5.16 Å². The fourth-order valence-electron chi connectivity index (χ4n) is 1.13. The van der Waals surface area contributed by atoms with E-state index in [0.29, 0.717) is 5.56 Å². The smallest absolute Gasteiger partial charge is 0.358 e. The van der Waals surface area contributed by atoms with E-state index in [1.807, 2.05) is 19.1 Å². The molecule has 1 radical (unpaired) electrons. The molecule has 5 heteroatoms. The van der Waals surface area contributed by atoms with E-state index in [4.69, 9.17) is 5.11 Å². The van der Waals surface area contributed by atoms with Gasteiger partial charge in [0.05, 0.1) is 0 Å². The maximum atomic E-state index is 10.8. The van der Waals surface area contributed by atoms with Crippen molar-refractivity contribution in [1.82, 2.24) is 0 Å². The van der Waals surface area contributed by atoms with Crippen molar-refractivity contribution in [3.8, 4) is 0 Å². The van der Waals surface area contributed by atoms with Gasteiger partial charge in [0, 0.05) is 56.9 Å². The van der Waals surface area contributed by atoms with E-state index in [-0.39, 0.29) is 57.1 Å². The number of oxime groups is 1. The molecular formula is C10H11KNO3. The first-order valence-corrected chi connectivity index (χ1v) is 4.07. The minimum atomic E-state index is -1.10. The molecule has 0 aliphatic rings. The number of nitrogens with zero attached hydrogens (tertiary/aromatic N) is 1. The van der Waals surface area contributed by atoms with Crippen molar-refractivity contribution < 1.29 is 14.7 Å². The largest absolute Gasteiger partial charge is 0.476 e. The molecule has 0 unspecified atom stereocenters. The Morgan fingerprint density at radius 2 is 2.00 bits per heavy atom. The van der Waals surface area contributed by atoms with Crippen molar-refractivity contribution in [2.45, 2.75) is 6.92 Å². The summed E-state index contributed by atoms with van der Waals surface area (Å²) in [5.74, 6) is -1.10. The Balaban J connectivity index is 0.00000196. The molecular weight excluding hydrogens is 221 g/mol. The normalized spacial score (nSPS) is 10.4. The van der Waals surface area contributed by atoms with Crippen LogP contribution in [0.3, 0.4) is 0 Å². The second-order valence-corrected chi connectivity index (χ2v) is 2.74. The summed E-state index contributed by atoms with van der Waals surface area (Å²) in [5.41, 5.74) is 1.35. The number of aliphatic carboxylic acids is 1. The van der Waals surface area contributed by atoms with Gasteiger partial charge in [0.2, 0.25) is 0 Å². The van der Waals surface area contributed by atoms with E-state index in [1.54, 1.807) is 12.1 Å². The number of hydrogen-bond acceptors (Lipinski definition) is 3. The van der Waals surface area contributed by atoms with Crippen LogP contribution in [-0.4, -0.2) is 75.3 Å². The van der Waals surface area contributed by atoms with Gasteiger partial charge in [0.15, 0.2) is 5.71 Å². The fourth-order valence-corrected chi connectivity index (χ4v) is 1.13. The van der Waals surface area contributed by atoms with Gasteiger partial charge in [-0.2, -0.15) is 0 Å². The Morgan fingerprint density at radius 3 is 2.47 bits per heavy atom. The third kappa shape index (κ3) is 4.04. The zero-order chi connectivity index (χ0) is 10.6. The molecule has 1 aromatic carbocycles. The maximum Gasteiger partial charge on any atom is 0.358 e. The van der Waals surface area contributed by atoms with Crippen molar-refractivity contribution >= 4 is 63.1 Å². The Morgan fingerprint density at radius 1 is 1.40 bits per heavy atom. The molecule has 0 aliphatic heterocycles. The van der Waals surface area contributed by atoms with Crippen LogP contribution in [0, 0.1) is 6.92 Å². The number of carboxylic acids is 1. The van der Waals surface area contributed by atoms with E-state index < -0.39 is 5.97 Å². The molecule has 0 aromatic heterocycles. The number of carboxylic acid groups (broad SMARTS) is 1. The van der Waals surface area contributed by atoms with Crippen LogP contribution in [-0.2, 0) is 9.63 Å². The fraction of sp³-hybridized carbons (Fsp3) is 0.200. The molecule has 0 atom stereocenters. The molecule has 0 spiro atoms. The summed E-state index contributed by atoms with van der Waals surface area (Å²) in [6, 6.07) is 7.12. The second kappa shape index (κ2) is 7.13. The third-order valence-corrected chi connectivity index (χ3v) is 1.79. The van der Waals surface area contributed by atoms with Crippen LogP contribution in [0.15, 0.2) is 29.4 Å². The zero-order valence-electron chi connectivity index (χ0n) is 9.02. The molecule has 1 rings (SSSR count). The van der Waals surface area contributed by atoms with Gasteiger partial charge in [-0.15, -0.1) is 0 Å². The predicted molar refractivity (Wildman–Crippen MR) is 58.1 cm³/mol. The van der Waals surface area contributed by atoms with Gasteiger partial charge in [-0.05, 0) is 12.5 Å². The topological polar surface area (TPSA) is 58.9 Å². The van der Waals surface area contributed by atoms with Crippen molar-refractivity contribution in [3.05, 3.63) is 35.4 Å². The van der Waals surface area contributed by atoms with E-state index in [2.05, 4.69) is 9.99 Å². The number of hydrogen-bond donors (Lipinski definition) is 1. The van der Waals surface area contributed by atoms with Crippen molar-refractivity contribution in [3.63, 3.8) is 0 Å². The first-order chi connectivity index (χ1) is 6.66. The van der Waals surface area contributed by atoms with Gasteiger partial charge >= 0.3 is 5.97 Å². The predicted octanol–water partition coefficient (Wildman–Crippen LogP) is 1.05. The van der Waals surface area contributed by atoms with Crippen LogP contribution in [0.25, 0.3) is 0 Å². The SMILES string of the molecule is CON=C(C(=O)O)c1ccccc1C.[K]. The first-order valence-electron chi connectivity index (χ1n) is 4.07. The summed E-state index contributed by atoms with van der Waals surface area (Å²) in [5, 5.41) is 12.3. The molecule has 0 saturated carbocycles. The minimum absolute atomic E-state index is 0. The van der Waals surface area contributed by atoms with Gasteiger partial charge in [0.25, 0.3) is 0 Å². The third-order valence-electron chi connectivity index (χ3n) is 1.79. The van der Waals surface area contributed by atoms with E-state index >= 15 is 0 Å². The van der Waals surface area contributed by atoms with Crippen LogP contribution in [0.1, 0.15) is 11.1 Å². The Bertz CT molecular complexity index is 377. The maximum absolute atomic E-state index is 10.8.